The van der Waals surface area contributed by atoms with Crippen molar-refractivity contribution in [3.63, 3.8) is 0 Å². The first kappa shape index (κ1) is 26.9. The highest BCUT2D eigenvalue weighted by Crippen LogP contribution is 2.11. The minimum absolute atomic E-state index is 0.170. The third-order valence-electron chi connectivity index (χ3n) is 5.16. The van der Waals surface area contributed by atoms with Crippen molar-refractivity contribution in [1.29, 1.82) is 0 Å². The molecule has 3 aromatic rings. The van der Waals surface area contributed by atoms with Gasteiger partial charge in [0.15, 0.2) is 0 Å². The van der Waals surface area contributed by atoms with Gasteiger partial charge in [-0.2, -0.15) is 0 Å². The molecule has 0 fully saturated rings. The molecule has 10 heteroatoms. The monoisotopic (exact) mass is 503 g/mol. The van der Waals surface area contributed by atoms with Gasteiger partial charge in [0.25, 0.3) is 5.91 Å². The van der Waals surface area contributed by atoms with E-state index in [0.29, 0.717) is 12.2 Å². The Kier molecular flexibility index (Phi) is 10.2. The lowest BCUT2D eigenvalue weighted by Gasteiger charge is -2.17. The molecule has 0 saturated carbocycles. The summed E-state index contributed by atoms with van der Waals surface area (Å²) < 4.78 is 5.06. The molecular formula is C27H29N5O5. The predicted molar refractivity (Wildman–Crippen MR) is 138 cm³/mol. The van der Waals surface area contributed by atoms with E-state index in [-0.39, 0.29) is 25.1 Å². The largest absolute Gasteiger partial charge is 0.464 e. The van der Waals surface area contributed by atoms with Crippen molar-refractivity contribution in [2.75, 3.05) is 18.5 Å². The minimum atomic E-state index is -0.921. The molecule has 1 heterocycles. The number of rotatable bonds is 11. The standard InChI is InChI=1S/C27H29N5O5/c1-2-37-26(35)23(14-20-10-7-13-28-16-20)32-24(33)18-29-25(34)21-11-6-12-22(15-21)31-27(36)30-17-19-8-4-3-5-9-19/h3-13,15-16,23H,2,14,17-18H2,1H3,(H,29,34)(H,32,33)(H2,30,31,36). The maximum atomic E-state index is 12.6. The summed E-state index contributed by atoms with van der Waals surface area (Å²) in [5.41, 5.74) is 2.38. The Bertz CT molecular complexity index is 1200. The van der Waals surface area contributed by atoms with Crippen molar-refractivity contribution >= 4 is 29.5 Å². The molecule has 0 spiro atoms. The third kappa shape index (κ3) is 9.10. The molecule has 4 N–H and O–H groups in total. The number of nitrogens with one attached hydrogen (secondary N) is 4. The average molecular weight is 504 g/mol. The summed E-state index contributed by atoms with van der Waals surface area (Å²) in [7, 11) is 0. The topological polar surface area (TPSA) is 139 Å². The number of aromatic nitrogens is 1. The van der Waals surface area contributed by atoms with Gasteiger partial charge in [-0.3, -0.25) is 14.6 Å². The average Bonchev–Trinajstić information content (AvgIpc) is 2.91. The number of pyridine rings is 1. The molecular weight excluding hydrogens is 474 g/mol. The molecule has 0 aliphatic carbocycles. The second kappa shape index (κ2) is 14.0. The van der Waals surface area contributed by atoms with Crippen molar-refractivity contribution in [3.8, 4) is 0 Å². The number of carbonyl (C=O) groups is 4. The Morgan fingerprint density at radius 1 is 0.919 bits per heavy atom. The van der Waals surface area contributed by atoms with Crippen LogP contribution in [-0.2, 0) is 27.3 Å². The molecule has 0 bridgehead atoms. The fourth-order valence-corrected chi connectivity index (χ4v) is 3.39. The van der Waals surface area contributed by atoms with E-state index < -0.39 is 29.9 Å². The molecule has 0 saturated heterocycles. The van der Waals surface area contributed by atoms with Crippen LogP contribution in [0.3, 0.4) is 0 Å². The van der Waals surface area contributed by atoms with Crippen molar-refractivity contribution in [3.05, 3.63) is 95.8 Å². The molecule has 192 valence electrons. The van der Waals surface area contributed by atoms with Crippen LogP contribution >= 0.6 is 0 Å². The Morgan fingerprint density at radius 2 is 1.70 bits per heavy atom. The lowest BCUT2D eigenvalue weighted by molar-refractivity contribution is -0.147. The zero-order valence-electron chi connectivity index (χ0n) is 20.4. The Labute approximate surface area is 214 Å². The number of carbonyl (C=O) groups excluding carboxylic acids is 4. The lowest BCUT2D eigenvalue weighted by atomic mass is 10.1. The van der Waals surface area contributed by atoms with Crippen LogP contribution in [-0.4, -0.2) is 48.0 Å². The third-order valence-corrected chi connectivity index (χ3v) is 5.16. The highest BCUT2D eigenvalue weighted by molar-refractivity contribution is 5.98. The van der Waals surface area contributed by atoms with Crippen LogP contribution in [0.1, 0.15) is 28.4 Å². The second-order valence-corrected chi connectivity index (χ2v) is 7.99. The van der Waals surface area contributed by atoms with Gasteiger partial charge in [0.1, 0.15) is 6.04 Å². The van der Waals surface area contributed by atoms with Crippen LogP contribution in [0.2, 0.25) is 0 Å². The molecule has 3 rings (SSSR count). The van der Waals surface area contributed by atoms with Gasteiger partial charge in [0.2, 0.25) is 5.91 Å². The van der Waals surface area contributed by atoms with Crippen molar-refractivity contribution in [1.82, 2.24) is 20.9 Å². The van der Waals surface area contributed by atoms with Crippen molar-refractivity contribution in [2.24, 2.45) is 0 Å². The van der Waals surface area contributed by atoms with E-state index in [1.54, 1.807) is 49.6 Å². The SMILES string of the molecule is CCOC(=O)C(Cc1cccnc1)NC(=O)CNC(=O)c1cccc(NC(=O)NCc2ccccc2)c1. The first-order valence-corrected chi connectivity index (χ1v) is 11.8. The Balaban J connectivity index is 1.51. The van der Waals surface area contributed by atoms with Gasteiger partial charge in [-0.25, -0.2) is 9.59 Å². The van der Waals surface area contributed by atoms with Gasteiger partial charge in [-0.1, -0.05) is 42.5 Å². The van der Waals surface area contributed by atoms with E-state index in [9.17, 15) is 19.2 Å². The number of hydrogen-bond acceptors (Lipinski definition) is 6. The maximum Gasteiger partial charge on any atom is 0.328 e. The molecule has 1 atom stereocenters. The molecule has 0 aliphatic rings. The lowest BCUT2D eigenvalue weighted by Crippen LogP contribution is -2.47. The number of nitrogens with zero attached hydrogens (tertiary/aromatic N) is 1. The zero-order chi connectivity index (χ0) is 26.5. The fourth-order valence-electron chi connectivity index (χ4n) is 3.39. The van der Waals surface area contributed by atoms with Crippen molar-refractivity contribution in [2.45, 2.75) is 25.9 Å². The number of anilines is 1. The first-order chi connectivity index (χ1) is 17.9. The van der Waals surface area contributed by atoms with Crippen LogP contribution in [0.15, 0.2) is 79.1 Å². The van der Waals surface area contributed by atoms with Crippen LogP contribution in [0, 0.1) is 0 Å². The number of urea groups is 1. The molecule has 1 aromatic heterocycles. The van der Waals surface area contributed by atoms with Gasteiger partial charge < -0.3 is 26.0 Å². The van der Waals surface area contributed by atoms with E-state index in [2.05, 4.69) is 26.3 Å². The quantitative estimate of drug-likeness (QED) is 0.297. The van der Waals surface area contributed by atoms with Crippen LogP contribution in [0.5, 0.6) is 0 Å². The molecule has 4 amide bonds. The minimum Gasteiger partial charge on any atom is -0.464 e. The summed E-state index contributed by atoms with van der Waals surface area (Å²) in [4.78, 5) is 53.6. The fraction of sp³-hybridized carbons (Fsp3) is 0.222. The van der Waals surface area contributed by atoms with Gasteiger partial charge in [-0.05, 0) is 42.3 Å². The molecule has 37 heavy (non-hydrogen) atoms. The summed E-state index contributed by atoms with van der Waals surface area (Å²) in [5, 5.41) is 10.5. The highest BCUT2D eigenvalue weighted by atomic mass is 16.5. The van der Waals surface area contributed by atoms with E-state index in [1.807, 2.05) is 30.3 Å². The normalized spacial score (nSPS) is 11.1. The van der Waals surface area contributed by atoms with E-state index >= 15 is 0 Å². The smallest absolute Gasteiger partial charge is 0.328 e. The molecule has 2 aromatic carbocycles. The summed E-state index contributed by atoms with van der Waals surface area (Å²) in [6.07, 6.45) is 3.41. The first-order valence-electron chi connectivity index (χ1n) is 11.8. The van der Waals surface area contributed by atoms with Crippen LogP contribution in [0.4, 0.5) is 10.5 Å². The molecule has 10 nitrogen and oxygen atoms in total. The predicted octanol–water partition coefficient (Wildman–Crippen LogP) is 2.42. The molecule has 0 aliphatic heterocycles. The van der Waals surface area contributed by atoms with E-state index in [4.69, 9.17) is 4.74 Å². The number of esters is 1. The van der Waals surface area contributed by atoms with Gasteiger partial charge in [0, 0.05) is 36.6 Å². The highest BCUT2D eigenvalue weighted by Gasteiger charge is 2.23. The molecule has 0 radical (unpaired) electrons. The number of amides is 4. The van der Waals surface area contributed by atoms with Crippen LogP contribution in [0.25, 0.3) is 0 Å². The second-order valence-electron chi connectivity index (χ2n) is 7.99. The summed E-state index contributed by atoms with van der Waals surface area (Å²) >= 11 is 0. The Hall–Kier alpha value is -4.73. The van der Waals surface area contributed by atoms with Crippen molar-refractivity contribution < 1.29 is 23.9 Å². The summed E-state index contributed by atoms with van der Waals surface area (Å²) in [6.45, 7) is 1.85. The van der Waals surface area contributed by atoms with Gasteiger partial charge >= 0.3 is 12.0 Å². The molecule has 1 unspecified atom stereocenters. The summed E-state index contributed by atoms with van der Waals surface area (Å²) in [6, 6.07) is 18.0. The maximum absolute atomic E-state index is 12.6. The number of ether oxygens (including phenoxy) is 1. The van der Waals surface area contributed by atoms with E-state index in [1.165, 1.54) is 6.07 Å². The Morgan fingerprint density at radius 3 is 2.43 bits per heavy atom. The zero-order valence-corrected chi connectivity index (χ0v) is 20.4. The van der Waals surface area contributed by atoms with Gasteiger partial charge in [-0.15, -0.1) is 0 Å². The number of hydrogen-bond donors (Lipinski definition) is 4. The van der Waals surface area contributed by atoms with Crippen LogP contribution < -0.4 is 21.3 Å². The van der Waals surface area contributed by atoms with Gasteiger partial charge in [0.05, 0.1) is 13.2 Å². The van der Waals surface area contributed by atoms with E-state index in [0.717, 1.165) is 11.1 Å². The summed E-state index contributed by atoms with van der Waals surface area (Å²) in [5.74, 6) is -1.64. The number of benzene rings is 2.